The number of aromatic nitrogens is 2. The molecule has 0 spiro atoms. The standard InChI is InChI=1S/C14H8FN3O3S/c15-9-2-1-3-10(6-9)21-22(19,20)11-4-5-13-12(7-11)14(8-16)18-17-13/h1-7H,(H,17,18). The number of halogens is 1. The minimum atomic E-state index is -4.14. The summed E-state index contributed by atoms with van der Waals surface area (Å²) >= 11 is 0. The van der Waals surface area contributed by atoms with Crippen molar-refractivity contribution < 1.29 is 17.0 Å². The van der Waals surface area contributed by atoms with E-state index in [0.717, 1.165) is 6.07 Å². The van der Waals surface area contributed by atoms with Gasteiger partial charge in [-0.15, -0.1) is 0 Å². The molecule has 0 unspecified atom stereocenters. The van der Waals surface area contributed by atoms with Gasteiger partial charge in [-0.05, 0) is 30.3 Å². The normalized spacial score (nSPS) is 11.3. The Hall–Kier alpha value is -2.92. The number of rotatable bonds is 3. The van der Waals surface area contributed by atoms with Crippen LogP contribution in [0.15, 0.2) is 47.4 Å². The van der Waals surface area contributed by atoms with Crippen molar-refractivity contribution in [2.24, 2.45) is 0 Å². The Balaban J connectivity index is 2.03. The number of benzene rings is 2. The number of nitriles is 1. The number of hydrogen-bond donors (Lipinski definition) is 1. The molecule has 0 saturated carbocycles. The minimum absolute atomic E-state index is 0.0813. The van der Waals surface area contributed by atoms with Crippen LogP contribution in [0.3, 0.4) is 0 Å². The maximum absolute atomic E-state index is 13.1. The van der Waals surface area contributed by atoms with Crippen LogP contribution in [-0.2, 0) is 10.1 Å². The zero-order chi connectivity index (χ0) is 15.7. The average Bonchev–Trinajstić information content (AvgIpc) is 2.89. The van der Waals surface area contributed by atoms with Crippen LogP contribution in [0.1, 0.15) is 5.69 Å². The molecule has 6 nitrogen and oxygen atoms in total. The van der Waals surface area contributed by atoms with Crippen molar-refractivity contribution in [2.75, 3.05) is 0 Å². The summed E-state index contributed by atoms with van der Waals surface area (Å²) in [4.78, 5) is -0.151. The van der Waals surface area contributed by atoms with E-state index in [0.29, 0.717) is 10.9 Å². The van der Waals surface area contributed by atoms with Crippen LogP contribution in [-0.4, -0.2) is 18.6 Å². The number of H-pyrrole nitrogens is 1. The van der Waals surface area contributed by atoms with Crippen LogP contribution in [0.2, 0.25) is 0 Å². The Morgan fingerprint density at radius 3 is 2.77 bits per heavy atom. The lowest BCUT2D eigenvalue weighted by Gasteiger charge is -2.07. The molecule has 0 fully saturated rings. The molecule has 0 aliphatic heterocycles. The molecule has 0 aliphatic carbocycles. The summed E-state index contributed by atoms with van der Waals surface area (Å²) in [6.07, 6.45) is 0. The van der Waals surface area contributed by atoms with Gasteiger partial charge in [0, 0.05) is 11.5 Å². The molecule has 8 heteroatoms. The van der Waals surface area contributed by atoms with Gasteiger partial charge in [0.05, 0.1) is 5.52 Å². The third-order valence-electron chi connectivity index (χ3n) is 2.93. The highest BCUT2D eigenvalue weighted by molar-refractivity contribution is 7.87. The minimum Gasteiger partial charge on any atom is -0.379 e. The van der Waals surface area contributed by atoms with Crippen LogP contribution in [0.5, 0.6) is 5.75 Å². The smallest absolute Gasteiger partial charge is 0.339 e. The molecule has 3 aromatic rings. The van der Waals surface area contributed by atoms with Gasteiger partial charge in [0.15, 0.2) is 5.69 Å². The van der Waals surface area contributed by atoms with Gasteiger partial charge in [-0.1, -0.05) is 6.07 Å². The van der Waals surface area contributed by atoms with Crippen molar-refractivity contribution in [1.29, 1.82) is 5.26 Å². The second-order valence-electron chi connectivity index (χ2n) is 4.39. The summed E-state index contributed by atoms with van der Waals surface area (Å²) < 4.78 is 42.4. The van der Waals surface area contributed by atoms with E-state index in [4.69, 9.17) is 9.44 Å². The van der Waals surface area contributed by atoms with Crippen molar-refractivity contribution in [3.63, 3.8) is 0 Å². The van der Waals surface area contributed by atoms with Gasteiger partial charge >= 0.3 is 10.1 Å². The van der Waals surface area contributed by atoms with Crippen molar-refractivity contribution in [2.45, 2.75) is 4.90 Å². The molecule has 1 heterocycles. The predicted molar refractivity (Wildman–Crippen MR) is 75.0 cm³/mol. The maximum atomic E-state index is 13.1. The fourth-order valence-electron chi connectivity index (χ4n) is 1.93. The summed E-state index contributed by atoms with van der Waals surface area (Å²) in [5.74, 6) is -0.738. The van der Waals surface area contributed by atoms with Crippen LogP contribution in [0, 0.1) is 17.1 Å². The summed E-state index contributed by atoms with van der Waals surface area (Å²) in [6.45, 7) is 0. The molecule has 0 bridgehead atoms. The molecule has 1 N–H and O–H groups in total. The lowest BCUT2D eigenvalue weighted by atomic mass is 10.2. The molecule has 0 radical (unpaired) electrons. The van der Waals surface area contributed by atoms with Gasteiger partial charge in [0.25, 0.3) is 0 Å². The maximum Gasteiger partial charge on any atom is 0.339 e. The third-order valence-corrected chi connectivity index (χ3v) is 4.17. The van der Waals surface area contributed by atoms with Crippen LogP contribution in [0.25, 0.3) is 10.9 Å². The van der Waals surface area contributed by atoms with Crippen LogP contribution in [0.4, 0.5) is 4.39 Å². The molecular weight excluding hydrogens is 309 g/mol. The second-order valence-corrected chi connectivity index (χ2v) is 5.93. The first-order valence-corrected chi connectivity index (χ1v) is 7.49. The fraction of sp³-hybridized carbons (Fsp3) is 0. The van der Waals surface area contributed by atoms with Crippen molar-refractivity contribution >= 4 is 21.0 Å². The highest BCUT2D eigenvalue weighted by atomic mass is 32.2. The number of aromatic amines is 1. The van der Waals surface area contributed by atoms with Crippen molar-refractivity contribution in [3.05, 3.63) is 54.0 Å². The first kappa shape index (κ1) is 14.0. The van der Waals surface area contributed by atoms with E-state index in [1.165, 1.54) is 36.4 Å². The molecule has 0 amide bonds. The van der Waals surface area contributed by atoms with E-state index in [1.54, 1.807) is 0 Å². The predicted octanol–water partition coefficient (Wildman–Crippen LogP) is 2.34. The molecule has 0 saturated heterocycles. The van der Waals surface area contributed by atoms with Crippen molar-refractivity contribution in [3.8, 4) is 11.8 Å². The Kier molecular flexibility index (Phi) is 3.27. The Bertz CT molecular complexity index is 1010. The highest BCUT2D eigenvalue weighted by Crippen LogP contribution is 2.23. The van der Waals surface area contributed by atoms with E-state index in [-0.39, 0.29) is 16.3 Å². The second kappa shape index (κ2) is 5.13. The summed E-state index contributed by atoms with van der Waals surface area (Å²) in [5, 5.41) is 15.7. The van der Waals surface area contributed by atoms with E-state index in [1.807, 2.05) is 6.07 Å². The first-order chi connectivity index (χ1) is 10.5. The Morgan fingerprint density at radius 2 is 2.05 bits per heavy atom. The van der Waals surface area contributed by atoms with Gasteiger partial charge in [-0.3, -0.25) is 5.10 Å². The molecule has 0 atom stereocenters. The number of nitrogens with zero attached hydrogens (tertiary/aromatic N) is 2. The largest absolute Gasteiger partial charge is 0.379 e. The highest BCUT2D eigenvalue weighted by Gasteiger charge is 2.19. The SMILES string of the molecule is N#Cc1n[nH]c2ccc(S(=O)(=O)Oc3cccc(F)c3)cc12. The van der Waals surface area contributed by atoms with E-state index in [2.05, 4.69) is 10.2 Å². The lowest BCUT2D eigenvalue weighted by Crippen LogP contribution is -2.09. The summed E-state index contributed by atoms with van der Waals surface area (Å²) in [7, 11) is -4.14. The van der Waals surface area contributed by atoms with Gasteiger partial charge in [0.1, 0.15) is 22.5 Å². The van der Waals surface area contributed by atoms with Crippen LogP contribution < -0.4 is 4.18 Å². The van der Waals surface area contributed by atoms with E-state index in [9.17, 15) is 12.8 Å². The molecule has 2 aromatic carbocycles. The van der Waals surface area contributed by atoms with Gasteiger partial charge in [0.2, 0.25) is 0 Å². The van der Waals surface area contributed by atoms with Gasteiger partial charge in [-0.2, -0.15) is 18.8 Å². The number of hydrogen-bond acceptors (Lipinski definition) is 5. The van der Waals surface area contributed by atoms with Gasteiger partial charge < -0.3 is 4.18 Å². The average molecular weight is 317 g/mol. The first-order valence-electron chi connectivity index (χ1n) is 6.08. The van der Waals surface area contributed by atoms with E-state index >= 15 is 0 Å². The lowest BCUT2D eigenvalue weighted by molar-refractivity contribution is 0.483. The topological polar surface area (TPSA) is 95.8 Å². The summed E-state index contributed by atoms with van der Waals surface area (Å²) in [5.41, 5.74) is 0.610. The quantitative estimate of drug-likeness (QED) is 0.748. The number of nitrogens with one attached hydrogen (secondary N) is 1. The zero-order valence-electron chi connectivity index (χ0n) is 10.9. The van der Waals surface area contributed by atoms with E-state index < -0.39 is 15.9 Å². The third kappa shape index (κ3) is 2.49. The molecule has 22 heavy (non-hydrogen) atoms. The Morgan fingerprint density at radius 1 is 1.23 bits per heavy atom. The fourth-order valence-corrected chi connectivity index (χ4v) is 2.88. The molecule has 1 aromatic heterocycles. The molecular formula is C14H8FN3O3S. The summed E-state index contributed by atoms with van der Waals surface area (Å²) in [6, 6.07) is 10.8. The monoisotopic (exact) mass is 317 g/mol. The molecule has 0 aliphatic rings. The number of fused-ring (bicyclic) bond motifs is 1. The molecule has 3 rings (SSSR count). The van der Waals surface area contributed by atoms with Gasteiger partial charge in [-0.25, -0.2) is 4.39 Å². The zero-order valence-corrected chi connectivity index (χ0v) is 11.8. The van der Waals surface area contributed by atoms with Crippen molar-refractivity contribution in [1.82, 2.24) is 10.2 Å². The van der Waals surface area contributed by atoms with Crippen LogP contribution >= 0.6 is 0 Å². The Labute approximate surface area is 124 Å². The molecule has 110 valence electrons.